The molecule has 0 aromatic heterocycles. The smallest absolute Gasteiger partial charge is 0.104 e. The second kappa shape index (κ2) is 7.44. The molecule has 0 amide bonds. The molecule has 3 heteroatoms. The van der Waals surface area contributed by atoms with Crippen LogP contribution in [0.25, 0.3) is 0 Å². The predicted octanol–water partition coefficient (Wildman–Crippen LogP) is 1.56. The van der Waals surface area contributed by atoms with Crippen molar-refractivity contribution in [2.24, 2.45) is 0 Å². The Labute approximate surface area is 122 Å². The van der Waals surface area contributed by atoms with Crippen molar-refractivity contribution >= 4 is 0 Å². The van der Waals surface area contributed by atoms with Gasteiger partial charge in [0.05, 0.1) is 0 Å². The summed E-state index contributed by atoms with van der Waals surface area (Å²) in [5, 5.41) is 8.75. The molecule has 0 bridgehead atoms. The van der Waals surface area contributed by atoms with Crippen LogP contribution in [0.3, 0.4) is 0 Å². The van der Waals surface area contributed by atoms with E-state index in [0.717, 1.165) is 18.7 Å². The third-order valence-corrected chi connectivity index (χ3v) is 3.86. The first-order valence-electron chi connectivity index (χ1n) is 7.26. The maximum Gasteiger partial charge on any atom is 0.104 e. The van der Waals surface area contributed by atoms with E-state index in [1.165, 1.54) is 24.9 Å². The third kappa shape index (κ3) is 4.35. The average molecular weight is 272 g/mol. The van der Waals surface area contributed by atoms with Gasteiger partial charge in [0.25, 0.3) is 0 Å². The summed E-state index contributed by atoms with van der Waals surface area (Å²) in [7, 11) is 4.33. The van der Waals surface area contributed by atoms with Crippen molar-refractivity contribution in [1.29, 1.82) is 0 Å². The highest BCUT2D eigenvalue weighted by Gasteiger charge is 2.21. The zero-order chi connectivity index (χ0) is 14.4. The highest BCUT2D eigenvalue weighted by atomic mass is 16.2. The van der Waals surface area contributed by atoms with Gasteiger partial charge in [-0.05, 0) is 51.2 Å². The van der Waals surface area contributed by atoms with E-state index in [2.05, 4.69) is 47.9 Å². The van der Waals surface area contributed by atoms with Gasteiger partial charge in [0.2, 0.25) is 0 Å². The predicted molar refractivity (Wildman–Crippen MR) is 82.4 cm³/mol. The number of benzene rings is 1. The van der Waals surface area contributed by atoms with E-state index in [0.29, 0.717) is 6.04 Å². The number of piperidine rings is 1. The zero-order valence-corrected chi connectivity index (χ0v) is 12.5. The van der Waals surface area contributed by atoms with Crippen LogP contribution in [0.1, 0.15) is 24.0 Å². The minimum absolute atomic E-state index is 0.0825. The Kier molecular flexibility index (Phi) is 5.60. The van der Waals surface area contributed by atoms with Crippen molar-refractivity contribution in [3.63, 3.8) is 0 Å². The topological polar surface area (TPSA) is 26.7 Å². The molecule has 1 aliphatic rings. The second-order valence-electron chi connectivity index (χ2n) is 5.66. The first-order valence-corrected chi connectivity index (χ1v) is 7.26. The number of aliphatic hydroxyl groups excluding tert-OH is 1. The molecule has 108 valence electrons. The molecule has 20 heavy (non-hydrogen) atoms. The molecule has 0 spiro atoms. The van der Waals surface area contributed by atoms with Gasteiger partial charge in [0, 0.05) is 24.7 Å². The lowest BCUT2D eigenvalue weighted by atomic mass is 10.0. The average Bonchev–Trinajstić information content (AvgIpc) is 2.46. The maximum absolute atomic E-state index is 8.75. The Morgan fingerprint density at radius 2 is 2.25 bits per heavy atom. The van der Waals surface area contributed by atoms with Crippen LogP contribution in [0, 0.1) is 11.8 Å². The lowest BCUT2D eigenvalue weighted by Crippen LogP contribution is -2.44. The van der Waals surface area contributed by atoms with Crippen LogP contribution in [0.15, 0.2) is 24.3 Å². The van der Waals surface area contributed by atoms with Gasteiger partial charge in [-0.2, -0.15) is 0 Å². The number of hydrogen-bond donors (Lipinski definition) is 1. The van der Waals surface area contributed by atoms with E-state index in [4.69, 9.17) is 5.11 Å². The largest absolute Gasteiger partial charge is 0.384 e. The molecule has 1 unspecified atom stereocenters. The minimum atomic E-state index is -0.0825. The molecule has 1 fully saturated rings. The molecule has 1 heterocycles. The van der Waals surface area contributed by atoms with E-state index >= 15 is 0 Å². The zero-order valence-electron chi connectivity index (χ0n) is 12.5. The molecule has 1 N–H and O–H groups in total. The van der Waals surface area contributed by atoms with Gasteiger partial charge in [0.15, 0.2) is 0 Å². The van der Waals surface area contributed by atoms with E-state index in [9.17, 15) is 0 Å². The molecule has 3 nitrogen and oxygen atoms in total. The van der Waals surface area contributed by atoms with Crippen molar-refractivity contribution in [3.05, 3.63) is 35.4 Å². The van der Waals surface area contributed by atoms with Gasteiger partial charge in [-0.15, -0.1) is 0 Å². The summed E-state index contributed by atoms with van der Waals surface area (Å²) in [6.45, 7) is 3.22. The molecule has 2 rings (SSSR count). The van der Waals surface area contributed by atoms with Crippen molar-refractivity contribution in [2.45, 2.75) is 25.4 Å². The summed E-state index contributed by atoms with van der Waals surface area (Å²) in [6.07, 6.45) is 2.57. The molecule has 1 atom stereocenters. The van der Waals surface area contributed by atoms with Gasteiger partial charge in [-0.3, -0.25) is 4.90 Å². The first-order chi connectivity index (χ1) is 9.69. The standard InChI is InChI=1S/C17H24N2O/c1-18(2)17-9-4-10-19(14-17)13-16-7-3-6-15(12-16)8-5-11-20/h3,6-7,12,17,20H,4,9-11,13-14H2,1-2H3. The van der Waals surface area contributed by atoms with Crippen molar-refractivity contribution in [2.75, 3.05) is 33.8 Å². The van der Waals surface area contributed by atoms with E-state index in [-0.39, 0.29) is 6.61 Å². The molecule has 1 aromatic carbocycles. The van der Waals surface area contributed by atoms with E-state index in [1.54, 1.807) is 0 Å². The van der Waals surface area contributed by atoms with Gasteiger partial charge in [-0.1, -0.05) is 24.0 Å². The summed E-state index contributed by atoms with van der Waals surface area (Å²) in [6, 6.07) is 8.99. The van der Waals surface area contributed by atoms with Crippen LogP contribution in [0.4, 0.5) is 0 Å². The summed E-state index contributed by atoms with van der Waals surface area (Å²) >= 11 is 0. The van der Waals surface area contributed by atoms with Crippen LogP contribution >= 0.6 is 0 Å². The molecule has 1 aliphatic heterocycles. The molecule has 1 aromatic rings. The van der Waals surface area contributed by atoms with Gasteiger partial charge in [-0.25, -0.2) is 0 Å². The summed E-state index contributed by atoms with van der Waals surface area (Å²) in [4.78, 5) is 4.85. The van der Waals surface area contributed by atoms with Gasteiger partial charge < -0.3 is 10.0 Å². The number of nitrogens with zero attached hydrogens (tertiary/aromatic N) is 2. The molecular formula is C17H24N2O. The minimum Gasteiger partial charge on any atom is -0.384 e. The molecule has 0 radical (unpaired) electrons. The van der Waals surface area contributed by atoms with Crippen LogP contribution in [-0.2, 0) is 6.54 Å². The van der Waals surface area contributed by atoms with Gasteiger partial charge >= 0.3 is 0 Å². The van der Waals surface area contributed by atoms with Crippen molar-refractivity contribution < 1.29 is 5.11 Å². The molecule has 0 aliphatic carbocycles. The van der Waals surface area contributed by atoms with Crippen LogP contribution < -0.4 is 0 Å². The maximum atomic E-state index is 8.75. The van der Waals surface area contributed by atoms with Gasteiger partial charge in [0.1, 0.15) is 6.61 Å². The Bertz CT molecular complexity index is 487. The van der Waals surface area contributed by atoms with Crippen molar-refractivity contribution in [1.82, 2.24) is 9.80 Å². The highest BCUT2D eigenvalue weighted by molar-refractivity contribution is 5.37. The Morgan fingerprint density at radius 3 is 3.00 bits per heavy atom. The quantitative estimate of drug-likeness (QED) is 0.846. The SMILES string of the molecule is CN(C)C1CCCN(Cc2cccc(C#CCO)c2)C1. The number of likely N-dealkylation sites (tertiary alicyclic amines) is 1. The van der Waals surface area contributed by atoms with Crippen molar-refractivity contribution in [3.8, 4) is 11.8 Å². The number of hydrogen-bond acceptors (Lipinski definition) is 3. The normalized spacial score (nSPS) is 19.7. The Hall–Kier alpha value is -1.34. The summed E-state index contributed by atoms with van der Waals surface area (Å²) < 4.78 is 0. The third-order valence-electron chi connectivity index (χ3n) is 3.86. The Balaban J connectivity index is 1.99. The fourth-order valence-corrected chi connectivity index (χ4v) is 2.74. The van der Waals surface area contributed by atoms with Crippen LogP contribution in [0.5, 0.6) is 0 Å². The first kappa shape index (κ1) is 15.1. The highest BCUT2D eigenvalue weighted by Crippen LogP contribution is 2.16. The second-order valence-corrected chi connectivity index (χ2v) is 5.66. The molecule has 0 saturated carbocycles. The van der Waals surface area contributed by atoms with E-state index < -0.39 is 0 Å². The van der Waals surface area contributed by atoms with E-state index in [1.807, 2.05) is 12.1 Å². The molecule has 1 saturated heterocycles. The lowest BCUT2D eigenvalue weighted by molar-refractivity contribution is 0.128. The lowest BCUT2D eigenvalue weighted by Gasteiger charge is -2.36. The Morgan fingerprint density at radius 1 is 1.40 bits per heavy atom. The summed E-state index contributed by atoms with van der Waals surface area (Å²) in [5.74, 6) is 5.67. The fourth-order valence-electron chi connectivity index (χ4n) is 2.74. The molecular weight excluding hydrogens is 248 g/mol. The fraction of sp³-hybridized carbons (Fsp3) is 0.529. The number of likely N-dealkylation sites (N-methyl/N-ethyl adjacent to an activating group) is 1. The number of rotatable bonds is 3. The van der Waals surface area contributed by atoms with Crippen LogP contribution in [-0.4, -0.2) is 54.7 Å². The summed E-state index contributed by atoms with van der Waals surface area (Å²) in [5.41, 5.74) is 2.28. The van der Waals surface area contributed by atoms with Crippen LogP contribution in [0.2, 0.25) is 0 Å². The monoisotopic (exact) mass is 272 g/mol. The number of aliphatic hydroxyl groups is 1.